The zero-order chi connectivity index (χ0) is 13.0. The number of rotatable bonds is 5. The Morgan fingerprint density at radius 3 is 2.89 bits per heavy atom. The molecule has 0 amide bonds. The molecule has 0 spiro atoms. The van der Waals surface area contributed by atoms with Crippen molar-refractivity contribution < 1.29 is 5.11 Å². The van der Waals surface area contributed by atoms with E-state index >= 15 is 0 Å². The number of aliphatic hydroxyl groups is 1. The molecule has 18 heavy (non-hydrogen) atoms. The number of thioether (sulfide) groups is 1. The van der Waals surface area contributed by atoms with Gasteiger partial charge in [0.1, 0.15) is 5.60 Å². The summed E-state index contributed by atoms with van der Waals surface area (Å²) in [6.07, 6.45) is 4.22. The first-order valence-corrected chi connectivity index (χ1v) is 8.05. The maximum absolute atomic E-state index is 10.8. The molecule has 1 heterocycles. The fourth-order valence-corrected chi connectivity index (χ4v) is 3.23. The van der Waals surface area contributed by atoms with E-state index in [1.165, 1.54) is 17.7 Å². The molecular formula is C15H23NOS. The lowest BCUT2D eigenvalue weighted by Crippen LogP contribution is -2.32. The van der Waals surface area contributed by atoms with Gasteiger partial charge in [0.05, 0.1) is 0 Å². The van der Waals surface area contributed by atoms with Crippen molar-refractivity contribution in [1.82, 2.24) is 4.90 Å². The lowest BCUT2D eigenvalue weighted by Gasteiger charge is -2.25. The van der Waals surface area contributed by atoms with E-state index in [1.807, 2.05) is 23.9 Å². The molecule has 1 aromatic carbocycles. The van der Waals surface area contributed by atoms with Crippen LogP contribution in [-0.2, 0) is 5.60 Å². The molecular weight excluding hydrogens is 242 g/mol. The van der Waals surface area contributed by atoms with E-state index in [9.17, 15) is 5.11 Å². The van der Waals surface area contributed by atoms with Crippen LogP contribution in [0.4, 0.5) is 0 Å². The highest BCUT2D eigenvalue weighted by Gasteiger charge is 2.37. The minimum atomic E-state index is -0.634. The van der Waals surface area contributed by atoms with E-state index < -0.39 is 5.60 Å². The lowest BCUT2D eigenvalue weighted by atomic mass is 9.89. The summed E-state index contributed by atoms with van der Waals surface area (Å²) in [4.78, 5) is 2.39. The molecule has 1 fully saturated rings. The molecule has 3 heteroatoms. The van der Waals surface area contributed by atoms with Crippen LogP contribution in [0.5, 0.6) is 0 Å². The van der Waals surface area contributed by atoms with Crippen molar-refractivity contribution in [2.45, 2.75) is 25.4 Å². The normalized spacial score (nSPS) is 24.6. The second-order valence-electron chi connectivity index (χ2n) is 5.22. The van der Waals surface area contributed by atoms with E-state index in [2.05, 4.69) is 30.2 Å². The quantitative estimate of drug-likeness (QED) is 0.828. The highest BCUT2D eigenvalue weighted by atomic mass is 32.2. The molecule has 1 aromatic rings. The summed E-state index contributed by atoms with van der Waals surface area (Å²) < 4.78 is 0. The second kappa shape index (κ2) is 6.09. The van der Waals surface area contributed by atoms with Crippen LogP contribution >= 0.6 is 11.8 Å². The Kier molecular flexibility index (Phi) is 4.71. The highest BCUT2D eigenvalue weighted by molar-refractivity contribution is 7.98. The van der Waals surface area contributed by atoms with Gasteiger partial charge in [-0.05, 0) is 49.4 Å². The van der Waals surface area contributed by atoms with Gasteiger partial charge in [-0.25, -0.2) is 0 Å². The van der Waals surface area contributed by atoms with Crippen molar-refractivity contribution in [2.24, 2.45) is 0 Å². The fourth-order valence-electron chi connectivity index (χ4n) is 2.81. The number of benzene rings is 1. The van der Waals surface area contributed by atoms with E-state index in [0.717, 1.165) is 31.6 Å². The molecule has 2 nitrogen and oxygen atoms in total. The van der Waals surface area contributed by atoms with Gasteiger partial charge in [0.15, 0.2) is 0 Å². The number of hydrogen-bond donors (Lipinski definition) is 1. The molecule has 1 N–H and O–H groups in total. The van der Waals surface area contributed by atoms with Gasteiger partial charge in [0.2, 0.25) is 0 Å². The van der Waals surface area contributed by atoms with E-state index in [1.54, 1.807) is 0 Å². The zero-order valence-corrected chi connectivity index (χ0v) is 12.2. The zero-order valence-electron chi connectivity index (χ0n) is 11.4. The Bertz CT molecular complexity index is 396. The van der Waals surface area contributed by atoms with Crippen molar-refractivity contribution in [3.8, 4) is 0 Å². The summed E-state index contributed by atoms with van der Waals surface area (Å²) in [5.41, 5.74) is 1.67. The molecule has 2 rings (SSSR count). The molecule has 0 saturated carbocycles. The smallest absolute Gasteiger partial charge is 0.104 e. The first-order chi connectivity index (χ1) is 8.65. The fraction of sp³-hybridized carbons (Fsp3) is 0.600. The van der Waals surface area contributed by atoms with Gasteiger partial charge in [-0.2, -0.15) is 11.8 Å². The average Bonchev–Trinajstić information content (AvgIpc) is 2.73. The summed E-state index contributed by atoms with van der Waals surface area (Å²) in [5, 5.41) is 10.8. The maximum atomic E-state index is 10.8. The monoisotopic (exact) mass is 265 g/mol. The van der Waals surface area contributed by atoms with Gasteiger partial charge in [-0.15, -0.1) is 0 Å². The second-order valence-corrected chi connectivity index (χ2v) is 6.20. The van der Waals surface area contributed by atoms with E-state index in [0.29, 0.717) is 0 Å². The molecule has 1 saturated heterocycles. The number of nitrogens with zero attached hydrogens (tertiary/aromatic N) is 1. The van der Waals surface area contributed by atoms with Crippen LogP contribution < -0.4 is 0 Å². The largest absolute Gasteiger partial charge is 0.384 e. The summed E-state index contributed by atoms with van der Waals surface area (Å²) in [5.74, 6) is 1.21. The number of β-amino-alcohol motifs (C(OH)–C–C–N with tert-alkyl or cyclic N) is 1. The topological polar surface area (TPSA) is 23.5 Å². The number of hydrogen-bond acceptors (Lipinski definition) is 3. The van der Waals surface area contributed by atoms with Gasteiger partial charge in [-0.3, -0.25) is 4.90 Å². The van der Waals surface area contributed by atoms with E-state index in [4.69, 9.17) is 0 Å². The van der Waals surface area contributed by atoms with Gasteiger partial charge in [0.25, 0.3) is 0 Å². The number of likely N-dealkylation sites (tertiary alicyclic amines) is 1. The highest BCUT2D eigenvalue weighted by Crippen LogP contribution is 2.33. The first kappa shape index (κ1) is 13.9. The van der Waals surface area contributed by atoms with Crippen molar-refractivity contribution in [3.63, 3.8) is 0 Å². The van der Waals surface area contributed by atoms with Crippen LogP contribution in [0.1, 0.15) is 24.0 Å². The van der Waals surface area contributed by atoms with Gasteiger partial charge in [-0.1, -0.05) is 24.3 Å². The molecule has 1 aliphatic rings. The van der Waals surface area contributed by atoms with Gasteiger partial charge < -0.3 is 5.11 Å². The van der Waals surface area contributed by atoms with Crippen molar-refractivity contribution >= 4 is 11.8 Å². The van der Waals surface area contributed by atoms with Crippen LogP contribution in [-0.4, -0.2) is 41.6 Å². The molecule has 0 radical (unpaired) electrons. The van der Waals surface area contributed by atoms with Crippen molar-refractivity contribution in [2.75, 3.05) is 31.6 Å². The first-order valence-electron chi connectivity index (χ1n) is 6.65. The van der Waals surface area contributed by atoms with Crippen LogP contribution in [0, 0.1) is 6.92 Å². The molecule has 1 atom stereocenters. The lowest BCUT2D eigenvalue weighted by molar-refractivity contribution is 0.0456. The minimum Gasteiger partial charge on any atom is -0.384 e. The predicted molar refractivity (Wildman–Crippen MR) is 79.1 cm³/mol. The van der Waals surface area contributed by atoms with Gasteiger partial charge in [0, 0.05) is 13.1 Å². The summed E-state index contributed by atoms with van der Waals surface area (Å²) >= 11 is 1.89. The average molecular weight is 265 g/mol. The Balaban J connectivity index is 2.00. The summed E-state index contributed by atoms with van der Waals surface area (Å²) in [7, 11) is 0. The third-order valence-corrected chi connectivity index (χ3v) is 4.49. The number of aryl methyl sites for hydroxylation is 1. The third-order valence-electron chi connectivity index (χ3n) is 3.80. The Labute approximate surface area is 114 Å². The molecule has 1 unspecified atom stereocenters. The Hall–Kier alpha value is -0.510. The van der Waals surface area contributed by atoms with Gasteiger partial charge >= 0.3 is 0 Å². The Morgan fingerprint density at radius 1 is 1.39 bits per heavy atom. The molecule has 1 aliphatic heterocycles. The van der Waals surface area contributed by atoms with Crippen LogP contribution in [0.2, 0.25) is 0 Å². The third kappa shape index (κ3) is 3.08. The standard InChI is InChI=1S/C15H23NOS/c1-13-6-3-4-7-14(13)15(17)8-10-16(12-15)9-5-11-18-2/h3-4,6-7,17H,5,8-12H2,1-2H3. The summed E-state index contributed by atoms with van der Waals surface area (Å²) in [6.45, 7) is 4.99. The molecule has 0 aliphatic carbocycles. The van der Waals surface area contributed by atoms with E-state index in [-0.39, 0.29) is 0 Å². The van der Waals surface area contributed by atoms with Crippen molar-refractivity contribution in [1.29, 1.82) is 0 Å². The van der Waals surface area contributed by atoms with Crippen LogP contribution in [0.25, 0.3) is 0 Å². The van der Waals surface area contributed by atoms with Crippen LogP contribution in [0.15, 0.2) is 24.3 Å². The summed E-state index contributed by atoms with van der Waals surface area (Å²) in [6, 6.07) is 8.22. The van der Waals surface area contributed by atoms with Crippen LogP contribution in [0.3, 0.4) is 0 Å². The molecule has 0 bridgehead atoms. The molecule has 100 valence electrons. The molecule has 0 aromatic heterocycles. The maximum Gasteiger partial charge on any atom is 0.104 e. The Morgan fingerprint density at radius 2 is 2.17 bits per heavy atom. The SMILES string of the molecule is CSCCCN1CCC(O)(c2ccccc2C)C1. The predicted octanol–water partition coefficient (Wildman–Crippen LogP) is 2.64. The minimum absolute atomic E-state index is 0.634. The van der Waals surface area contributed by atoms with Crippen molar-refractivity contribution in [3.05, 3.63) is 35.4 Å².